The van der Waals surface area contributed by atoms with Crippen molar-refractivity contribution in [2.45, 2.75) is 0 Å². The number of benzene rings is 1. The monoisotopic (exact) mass is 274 g/mol. The molecule has 2 aromatic rings. The van der Waals surface area contributed by atoms with Crippen molar-refractivity contribution < 1.29 is 9.53 Å². The van der Waals surface area contributed by atoms with Crippen LogP contribution in [0.2, 0.25) is 0 Å². The third kappa shape index (κ3) is 3.42. The highest BCUT2D eigenvalue weighted by atomic mass is 32.1. The van der Waals surface area contributed by atoms with E-state index in [1.807, 2.05) is 36.4 Å². The van der Waals surface area contributed by atoms with Gasteiger partial charge in [0.05, 0.1) is 13.3 Å². The van der Waals surface area contributed by atoms with Crippen LogP contribution in [0.1, 0.15) is 20.2 Å². The second kappa shape index (κ2) is 6.15. The van der Waals surface area contributed by atoms with Crippen molar-refractivity contribution in [3.05, 3.63) is 45.9 Å². The Hall–Kier alpha value is -2.14. The van der Waals surface area contributed by atoms with Crippen molar-refractivity contribution >= 4 is 29.4 Å². The van der Waals surface area contributed by atoms with Crippen LogP contribution in [0.15, 0.2) is 30.5 Å². The van der Waals surface area contributed by atoms with E-state index in [9.17, 15) is 4.79 Å². The maximum atomic E-state index is 11.4. The number of hydrogen-bond acceptors (Lipinski definition) is 4. The summed E-state index contributed by atoms with van der Waals surface area (Å²) in [5, 5.41) is 3.37. The van der Waals surface area contributed by atoms with Crippen molar-refractivity contribution in [1.29, 1.82) is 0 Å². The quantitative estimate of drug-likeness (QED) is 0.932. The Morgan fingerprint density at radius 3 is 3.00 bits per heavy atom. The van der Waals surface area contributed by atoms with Gasteiger partial charge in [0.1, 0.15) is 15.6 Å². The van der Waals surface area contributed by atoms with Crippen molar-refractivity contribution in [2.24, 2.45) is 0 Å². The van der Waals surface area contributed by atoms with E-state index < -0.39 is 0 Å². The van der Waals surface area contributed by atoms with Crippen LogP contribution in [-0.2, 0) is 0 Å². The van der Waals surface area contributed by atoms with E-state index in [2.05, 4.69) is 10.3 Å². The molecule has 0 fully saturated rings. The van der Waals surface area contributed by atoms with Crippen LogP contribution in [-0.4, -0.2) is 25.0 Å². The van der Waals surface area contributed by atoms with E-state index in [-0.39, 0.29) is 5.91 Å². The van der Waals surface area contributed by atoms with Gasteiger partial charge in [-0.1, -0.05) is 18.2 Å². The zero-order valence-corrected chi connectivity index (χ0v) is 11.5. The van der Waals surface area contributed by atoms with E-state index in [1.54, 1.807) is 20.4 Å². The SMILES string of the molecule is CNC(=O)c1cnc(/C=C\c2cccc(OC)c2)s1. The lowest BCUT2D eigenvalue weighted by Gasteiger charge is -1.99. The zero-order chi connectivity index (χ0) is 13.7. The molecule has 0 atom stereocenters. The Balaban J connectivity index is 2.13. The number of carbonyl (C=O) groups is 1. The average Bonchev–Trinajstić information content (AvgIpc) is 2.93. The lowest BCUT2D eigenvalue weighted by Crippen LogP contribution is -2.16. The molecular formula is C14H14N2O2S. The summed E-state index contributed by atoms with van der Waals surface area (Å²) in [5.74, 6) is 0.700. The highest BCUT2D eigenvalue weighted by Gasteiger charge is 2.06. The van der Waals surface area contributed by atoms with Gasteiger partial charge in [-0.15, -0.1) is 11.3 Å². The topological polar surface area (TPSA) is 51.2 Å². The van der Waals surface area contributed by atoms with Crippen LogP contribution in [0.3, 0.4) is 0 Å². The summed E-state index contributed by atoms with van der Waals surface area (Å²) in [6, 6.07) is 7.73. The largest absolute Gasteiger partial charge is 0.497 e. The van der Waals surface area contributed by atoms with Crippen molar-refractivity contribution in [1.82, 2.24) is 10.3 Å². The maximum absolute atomic E-state index is 11.4. The van der Waals surface area contributed by atoms with Gasteiger partial charge >= 0.3 is 0 Å². The van der Waals surface area contributed by atoms with Crippen LogP contribution in [0.25, 0.3) is 12.2 Å². The van der Waals surface area contributed by atoms with E-state index in [0.717, 1.165) is 16.3 Å². The fraction of sp³-hybridized carbons (Fsp3) is 0.143. The molecule has 1 N–H and O–H groups in total. The molecule has 1 aromatic carbocycles. The lowest BCUT2D eigenvalue weighted by atomic mass is 10.2. The summed E-state index contributed by atoms with van der Waals surface area (Å²) >= 11 is 1.35. The molecule has 0 saturated heterocycles. The number of amides is 1. The van der Waals surface area contributed by atoms with Gasteiger partial charge in [0.2, 0.25) is 0 Å². The summed E-state index contributed by atoms with van der Waals surface area (Å²) in [4.78, 5) is 16.2. The number of ether oxygens (including phenoxy) is 1. The van der Waals surface area contributed by atoms with Crippen LogP contribution in [0.5, 0.6) is 5.75 Å². The molecule has 4 nitrogen and oxygen atoms in total. The van der Waals surface area contributed by atoms with Crippen LogP contribution >= 0.6 is 11.3 Å². The van der Waals surface area contributed by atoms with Gasteiger partial charge in [0, 0.05) is 7.05 Å². The Bertz CT molecular complexity index is 605. The molecule has 0 aliphatic carbocycles. The van der Waals surface area contributed by atoms with Gasteiger partial charge < -0.3 is 10.1 Å². The fourth-order valence-corrected chi connectivity index (χ4v) is 2.27. The second-order valence-electron chi connectivity index (χ2n) is 3.75. The molecule has 1 amide bonds. The van der Waals surface area contributed by atoms with E-state index in [4.69, 9.17) is 4.74 Å². The Labute approximate surface area is 115 Å². The maximum Gasteiger partial charge on any atom is 0.262 e. The van der Waals surface area contributed by atoms with E-state index in [1.165, 1.54) is 11.3 Å². The van der Waals surface area contributed by atoms with E-state index in [0.29, 0.717) is 4.88 Å². The number of nitrogens with zero attached hydrogens (tertiary/aromatic N) is 1. The molecule has 1 heterocycles. The minimum Gasteiger partial charge on any atom is -0.497 e. The highest BCUT2D eigenvalue weighted by molar-refractivity contribution is 7.14. The number of carbonyl (C=O) groups excluding carboxylic acids is 1. The molecule has 0 unspecified atom stereocenters. The minimum atomic E-state index is -0.112. The number of methoxy groups -OCH3 is 1. The van der Waals surface area contributed by atoms with Crippen molar-refractivity contribution in [2.75, 3.05) is 14.2 Å². The first-order valence-electron chi connectivity index (χ1n) is 5.73. The number of nitrogens with one attached hydrogen (secondary N) is 1. The Morgan fingerprint density at radius 1 is 1.42 bits per heavy atom. The number of thiazole rings is 1. The third-order valence-corrected chi connectivity index (χ3v) is 3.45. The summed E-state index contributed by atoms with van der Waals surface area (Å²) in [7, 11) is 3.24. The Morgan fingerprint density at radius 2 is 2.26 bits per heavy atom. The summed E-state index contributed by atoms with van der Waals surface area (Å²) in [5.41, 5.74) is 1.02. The summed E-state index contributed by atoms with van der Waals surface area (Å²) in [6.07, 6.45) is 5.40. The normalized spacial score (nSPS) is 10.6. The molecule has 2 rings (SSSR count). The second-order valence-corrected chi connectivity index (χ2v) is 4.81. The first kappa shape index (κ1) is 13.3. The van der Waals surface area contributed by atoms with Gasteiger partial charge in [-0.25, -0.2) is 4.98 Å². The average molecular weight is 274 g/mol. The third-order valence-electron chi connectivity index (χ3n) is 2.49. The predicted octanol–water partition coefficient (Wildman–Crippen LogP) is 2.68. The van der Waals surface area contributed by atoms with Gasteiger partial charge in [0.25, 0.3) is 5.91 Å². The highest BCUT2D eigenvalue weighted by Crippen LogP contribution is 2.18. The smallest absolute Gasteiger partial charge is 0.262 e. The molecule has 19 heavy (non-hydrogen) atoms. The molecular weight excluding hydrogens is 260 g/mol. The molecule has 0 aliphatic rings. The van der Waals surface area contributed by atoms with Gasteiger partial charge in [-0.3, -0.25) is 4.79 Å². The number of hydrogen-bond donors (Lipinski definition) is 1. The van der Waals surface area contributed by atoms with Crippen molar-refractivity contribution in [3.8, 4) is 5.75 Å². The molecule has 0 radical (unpaired) electrons. The summed E-state index contributed by atoms with van der Waals surface area (Å²) in [6.45, 7) is 0. The standard InChI is InChI=1S/C14H14N2O2S/c1-15-14(17)12-9-16-13(19-12)7-6-10-4-3-5-11(8-10)18-2/h3-9H,1-2H3,(H,15,17)/b7-6-. The van der Waals surface area contributed by atoms with Crippen LogP contribution in [0, 0.1) is 0 Å². The molecule has 98 valence electrons. The molecule has 0 saturated carbocycles. The first-order chi connectivity index (χ1) is 9.22. The molecule has 0 aliphatic heterocycles. The van der Waals surface area contributed by atoms with Gasteiger partial charge in [-0.05, 0) is 23.8 Å². The number of aromatic nitrogens is 1. The first-order valence-corrected chi connectivity index (χ1v) is 6.54. The lowest BCUT2D eigenvalue weighted by molar-refractivity contribution is 0.0967. The van der Waals surface area contributed by atoms with Gasteiger partial charge in [0.15, 0.2) is 0 Å². The Kier molecular flexibility index (Phi) is 4.30. The van der Waals surface area contributed by atoms with Crippen molar-refractivity contribution in [3.63, 3.8) is 0 Å². The zero-order valence-electron chi connectivity index (χ0n) is 10.7. The molecule has 1 aromatic heterocycles. The summed E-state index contributed by atoms with van der Waals surface area (Å²) < 4.78 is 5.16. The predicted molar refractivity (Wildman–Crippen MR) is 77.4 cm³/mol. The van der Waals surface area contributed by atoms with E-state index >= 15 is 0 Å². The van der Waals surface area contributed by atoms with Crippen LogP contribution in [0.4, 0.5) is 0 Å². The number of rotatable bonds is 4. The van der Waals surface area contributed by atoms with Crippen LogP contribution < -0.4 is 10.1 Å². The van der Waals surface area contributed by atoms with Gasteiger partial charge in [-0.2, -0.15) is 0 Å². The molecule has 5 heteroatoms. The fourth-order valence-electron chi connectivity index (χ4n) is 1.51. The molecule has 0 spiro atoms. The molecule has 0 bridgehead atoms. The minimum absolute atomic E-state index is 0.112.